The molecule has 10 heteroatoms. The second kappa shape index (κ2) is 13.9. The number of hydrogen-bond donors (Lipinski definition) is 2. The summed E-state index contributed by atoms with van der Waals surface area (Å²) in [7, 11) is 8.26. The Bertz CT molecular complexity index is 989. The van der Waals surface area contributed by atoms with Gasteiger partial charge in [-0.2, -0.15) is 0 Å². The normalized spacial score (nSPS) is 20.2. The molecule has 0 amide bonds. The highest BCUT2D eigenvalue weighted by Gasteiger charge is 2.55. The molecule has 1 aromatic carbocycles. The number of methoxy groups -OCH3 is 3. The summed E-state index contributed by atoms with van der Waals surface area (Å²) in [6, 6.07) is 9.91. The fraction of sp³-hybridized carbons (Fsp3) is 0.423. The van der Waals surface area contributed by atoms with Gasteiger partial charge in [0.2, 0.25) is 5.76 Å². The Morgan fingerprint density at radius 3 is 1.97 bits per heavy atom. The van der Waals surface area contributed by atoms with E-state index in [1.165, 1.54) is 21.3 Å². The molecule has 2 N–H and O–H groups in total. The number of aliphatic carboxylic acids is 3. The van der Waals surface area contributed by atoms with Gasteiger partial charge >= 0.3 is 13.4 Å². The average Bonchev–Trinajstić information content (AvgIpc) is 2.85. The van der Waals surface area contributed by atoms with Crippen molar-refractivity contribution < 1.29 is 45.3 Å². The molecule has 1 aliphatic rings. The van der Waals surface area contributed by atoms with Gasteiger partial charge in [0.1, 0.15) is 5.54 Å². The first-order valence-corrected chi connectivity index (χ1v) is 11.2. The van der Waals surface area contributed by atoms with Crippen LogP contribution in [0.4, 0.5) is 0 Å². The highest BCUT2D eigenvalue weighted by molar-refractivity contribution is 5.89. The highest BCUT2D eigenvalue weighted by Crippen LogP contribution is 2.51. The molecule has 2 rings (SSSR count). The van der Waals surface area contributed by atoms with Crippen LogP contribution >= 0.6 is 0 Å². The number of hydrogen-bond acceptors (Lipinski definition) is 8. The molecule has 0 saturated carbocycles. The van der Waals surface area contributed by atoms with Crippen molar-refractivity contribution in [2.24, 2.45) is 5.92 Å². The van der Waals surface area contributed by atoms with E-state index in [0.717, 1.165) is 18.4 Å². The van der Waals surface area contributed by atoms with Crippen molar-refractivity contribution in [1.82, 2.24) is 4.90 Å². The third kappa shape index (κ3) is 6.66. The molecule has 3 unspecified atom stereocenters. The molecule has 0 spiro atoms. The second-order valence-corrected chi connectivity index (χ2v) is 8.08. The number of carbonyl (C=O) groups is 3. The largest absolute Gasteiger partial charge is 1.00 e. The van der Waals surface area contributed by atoms with Crippen molar-refractivity contribution in [1.29, 1.82) is 0 Å². The summed E-state index contributed by atoms with van der Waals surface area (Å²) in [6.45, 7) is 2.08. The van der Waals surface area contributed by atoms with Crippen molar-refractivity contribution in [2.75, 3.05) is 35.4 Å². The first-order valence-electron chi connectivity index (χ1n) is 11.2. The Balaban J connectivity index is 0.00000125. The van der Waals surface area contributed by atoms with Gasteiger partial charge in [0.05, 0.1) is 27.3 Å². The number of nitrogens with zero attached hydrogens (tertiary/aromatic N) is 1. The zero-order valence-electron chi connectivity index (χ0n) is 22.4. The molecule has 0 saturated heterocycles. The number of rotatable bonds is 11. The van der Waals surface area contributed by atoms with Crippen LogP contribution in [0, 0.1) is 5.92 Å². The zero-order chi connectivity index (χ0) is 27.5. The van der Waals surface area contributed by atoms with Crippen molar-refractivity contribution >= 4 is 17.9 Å². The van der Waals surface area contributed by atoms with Gasteiger partial charge in [-0.1, -0.05) is 43.7 Å². The lowest BCUT2D eigenvalue weighted by atomic mass is 9.64. The predicted molar refractivity (Wildman–Crippen MR) is 131 cm³/mol. The Morgan fingerprint density at radius 2 is 1.61 bits per heavy atom. The van der Waals surface area contributed by atoms with E-state index in [2.05, 4.69) is 6.92 Å². The number of carboxylic acid groups (broad SMARTS) is 3. The third-order valence-corrected chi connectivity index (χ3v) is 5.89. The molecule has 0 heterocycles. The molecule has 10 nitrogen and oxygen atoms in total. The summed E-state index contributed by atoms with van der Waals surface area (Å²) < 4.78 is 16.9. The molecule has 0 bridgehead atoms. The summed E-state index contributed by atoms with van der Waals surface area (Å²) in [5, 5.41) is 28.0. The lowest BCUT2D eigenvalue weighted by Gasteiger charge is -2.52. The molecule has 1 aromatic rings. The van der Waals surface area contributed by atoms with Gasteiger partial charge in [0.15, 0.2) is 11.5 Å². The quantitative estimate of drug-likeness (QED) is 0.429. The second-order valence-electron chi connectivity index (χ2n) is 8.08. The van der Waals surface area contributed by atoms with Crippen LogP contribution in [0.25, 0.3) is 0 Å². The van der Waals surface area contributed by atoms with Gasteiger partial charge in [-0.05, 0) is 32.2 Å². The van der Waals surface area contributed by atoms with E-state index in [0.29, 0.717) is 29.4 Å². The smallest absolute Gasteiger partial charge is 0.549 e. The van der Waals surface area contributed by atoms with E-state index in [1.54, 1.807) is 6.08 Å². The SMILES string of the molecule is CCCC(c1ccccc1)C1(N(C)C)C(OC)=C(OC)C(OC)=CC1C(=O)[O-].O=C(O)/C=C\C(=O)O.[H+]. The molecule has 36 heavy (non-hydrogen) atoms. The highest BCUT2D eigenvalue weighted by atomic mass is 16.5. The lowest BCUT2D eigenvalue weighted by molar-refractivity contribution is -0.313. The van der Waals surface area contributed by atoms with E-state index < -0.39 is 29.4 Å². The van der Waals surface area contributed by atoms with Crippen LogP contribution in [0.3, 0.4) is 0 Å². The van der Waals surface area contributed by atoms with Crippen molar-refractivity contribution in [3.05, 3.63) is 71.4 Å². The fourth-order valence-electron chi connectivity index (χ4n) is 4.57. The summed E-state index contributed by atoms with van der Waals surface area (Å²) in [5.41, 5.74) is -0.0123. The molecular formula is C26H35NO9. The molecule has 3 atom stereocenters. The molecule has 0 fully saturated rings. The summed E-state index contributed by atoms with van der Waals surface area (Å²) in [6.07, 6.45) is 4.31. The van der Waals surface area contributed by atoms with Crippen LogP contribution in [0.5, 0.6) is 0 Å². The van der Waals surface area contributed by atoms with E-state index in [-0.39, 0.29) is 7.34 Å². The van der Waals surface area contributed by atoms with Crippen LogP contribution in [0.1, 0.15) is 32.7 Å². The molecule has 0 aliphatic heterocycles. The van der Waals surface area contributed by atoms with Gasteiger partial charge in [-0.15, -0.1) is 0 Å². The van der Waals surface area contributed by atoms with E-state index in [9.17, 15) is 19.5 Å². The van der Waals surface area contributed by atoms with Gasteiger partial charge in [0, 0.05) is 24.0 Å². The maximum absolute atomic E-state index is 12.4. The van der Waals surface area contributed by atoms with Crippen LogP contribution in [-0.4, -0.2) is 74.0 Å². The predicted octanol–water partition coefficient (Wildman–Crippen LogP) is 2.11. The van der Waals surface area contributed by atoms with Gasteiger partial charge in [-0.3, -0.25) is 4.90 Å². The Morgan fingerprint density at radius 1 is 1.06 bits per heavy atom. The summed E-state index contributed by atoms with van der Waals surface area (Å²) in [5.74, 6) is -3.72. The fourth-order valence-corrected chi connectivity index (χ4v) is 4.57. The average molecular weight is 506 g/mol. The first-order chi connectivity index (χ1) is 17.0. The van der Waals surface area contributed by atoms with Crippen LogP contribution in [-0.2, 0) is 28.6 Å². The summed E-state index contributed by atoms with van der Waals surface area (Å²) >= 11 is 0. The number of benzene rings is 1. The van der Waals surface area contributed by atoms with Crippen LogP contribution < -0.4 is 5.11 Å². The van der Waals surface area contributed by atoms with Crippen molar-refractivity contribution in [3.63, 3.8) is 0 Å². The van der Waals surface area contributed by atoms with Gasteiger partial charge in [-0.25, -0.2) is 9.59 Å². The standard InChI is InChI=1S/C22H31NO5.C4H4O4/c1-7-11-16(15-12-9-8-10-13-15)22(23(2)3)17(21(24)25)14-18(26-4)19(27-5)20(22)28-6;5-3(6)1-2-4(7)8/h8-10,12-14,16-17H,7,11H2,1-6H3,(H,24,25);1-2H,(H,5,6)(H,7,8)/b;2-1-. The van der Waals surface area contributed by atoms with E-state index in [1.807, 2.05) is 49.3 Å². The molecule has 1 aliphatic carbocycles. The number of carbonyl (C=O) groups excluding carboxylic acids is 1. The van der Waals surface area contributed by atoms with Crippen molar-refractivity contribution in [3.8, 4) is 0 Å². The Labute approximate surface area is 212 Å². The minimum atomic E-state index is -1.26. The number of likely N-dealkylation sites (N-methyl/N-ethyl adjacent to an activating group) is 1. The molecule has 0 radical (unpaired) electrons. The first kappa shape index (κ1) is 30.2. The molecular weight excluding hydrogens is 470 g/mol. The lowest BCUT2D eigenvalue weighted by Crippen LogP contribution is -2.62. The minimum Gasteiger partial charge on any atom is -0.549 e. The summed E-state index contributed by atoms with van der Waals surface area (Å²) in [4.78, 5) is 33.4. The van der Waals surface area contributed by atoms with Gasteiger partial charge < -0.3 is 34.3 Å². The number of ether oxygens (including phenoxy) is 3. The van der Waals surface area contributed by atoms with Crippen LogP contribution in [0.15, 0.2) is 65.8 Å². The van der Waals surface area contributed by atoms with Crippen LogP contribution in [0.2, 0.25) is 0 Å². The maximum Gasteiger partial charge on any atom is 1.00 e. The Hall–Kier alpha value is -3.79. The topological polar surface area (TPSA) is 146 Å². The Kier molecular flexibility index (Phi) is 11.7. The van der Waals surface area contributed by atoms with E-state index in [4.69, 9.17) is 24.4 Å². The minimum absolute atomic E-state index is 0. The van der Waals surface area contributed by atoms with E-state index >= 15 is 0 Å². The van der Waals surface area contributed by atoms with Gasteiger partial charge in [0.25, 0.3) is 0 Å². The zero-order valence-corrected chi connectivity index (χ0v) is 21.4. The third-order valence-electron chi connectivity index (χ3n) is 5.89. The maximum atomic E-state index is 12.4. The monoisotopic (exact) mass is 505 g/mol. The molecule has 0 aromatic heterocycles. The van der Waals surface area contributed by atoms with Crippen molar-refractivity contribution in [2.45, 2.75) is 31.2 Å². The molecule has 198 valence electrons. The number of carboxylic acids is 3.